The maximum Gasteiger partial charge on any atom is 0.229 e. The Kier molecular flexibility index (Phi) is 6.28. The van der Waals surface area contributed by atoms with Crippen LogP contribution in [0.2, 0.25) is 0 Å². The standard InChI is InChI=1S/C25H26FN7O2/c1-16(18-3-5-19(6-4-18)33-15-28-29-30-33)25(34)32-10-9-31-13-24(35-14-20(31)12-32)21-7-8-23(26)22(11-27)17(21)2/h3-8,15-16,20,24H,9-10,12-14H2,1-2H3. The number of morpholine rings is 1. The second kappa shape index (κ2) is 9.52. The molecule has 0 bridgehead atoms. The zero-order chi connectivity index (χ0) is 24.5. The molecule has 3 aromatic rings. The molecule has 5 rings (SSSR count). The molecular formula is C25H26FN7O2. The van der Waals surface area contributed by atoms with Crippen LogP contribution in [0.5, 0.6) is 0 Å². The van der Waals surface area contributed by atoms with Gasteiger partial charge in [-0.05, 0) is 59.2 Å². The van der Waals surface area contributed by atoms with Crippen LogP contribution in [-0.4, -0.2) is 74.7 Å². The number of nitriles is 1. The highest BCUT2D eigenvalue weighted by molar-refractivity contribution is 5.83. The molecule has 0 N–H and O–H groups in total. The van der Waals surface area contributed by atoms with Gasteiger partial charge >= 0.3 is 0 Å². The van der Waals surface area contributed by atoms with E-state index in [1.165, 1.54) is 12.4 Å². The van der Waals surface area contributed by atoms with E-state index in [1.54, 1.807) is 17.7 Å². The molecule has 3 unspecified atom stereocenters. The highest BCUT2D eigenvalue weighted by Crippen LogP contribution is 2.31. The van der Waals surface area contributed by atoms with Crippen molar-refractivity contribution in [3.05, 3.63) is 70.8 Å². The molecule has 0 saturated carbocycles. The van der Waals surface area contributed by atoms with Gasteiger partial charge in [0.2, 0.25) is 5.91 Å². The Morgan fingerprint density at radius 2 is 2.00 bits per heavy atom. The average Bonchev–Trinajstić information content (AvgIpc) is 3.43. The number of benzene rings is 2. The number of nitrogens with zero attached hydrogens (tertiary/aromatic N) is 7. The Morgan fingerprint density at radius 3 is 2.71 bits per heavy atom. The van der Waals surface area contributed by atoms with Gasteiger partial charge < -0.3 is 9.64 Å². The van der Waals surface area contributed by atoms with E-state index in [9.17, 15) is 14.4 Å². The number of fused-ring (bicyclic) bond motifs is 1. The topological polar surface area (TPSA) is 100 Å². The fourth-order valence-electron chi connectivity index (χ4n) is 4.97. The molecular weight excluding hydrogens is 449 g/mol. The van der Waals surface area contributed by atoms with Crippen molar-refractivity contribution >= 4 is 5.91 Å². The van der Waals surface area contributed by atoms with Gasteiger partial charge in [-0.1, -0.05) is 18.2 Å². The number of hydrogen-bond donors (Lipinski definition) is 0. The zero-order valence-corrected chi connectivity index (χ0v) is 19.6. The predicted octanol–water partition coefficient (Wildman–Crippen LogP) is 2.37. The maximum atomic E-state index is 13.9. The molecule has 1 aromatic heterocycles. The van der Waals surface area contributed by atoms with E-state index < -0.39 is 5.82 Å². The Hall–Kier alpha value is -3.68. The molecule has 1 amide bonds. The lowest BCUT2D eigenvalue weighted by Crippen LogP contribution is -2.60. The fourth-order valence-corrected chi connectivity index (χ4v) is 4.97. The number of piperazine rings is 1. The molecule has 2 aromatic carbocycles. The molecule has 180 valence electrons. The van der Waals surface area contributed by atoms with Gasteiger partial charge in [-0.2, -0.15) is 5.26 Å². The van der Waals surface area contributed by atoms with Gasteiger partial charge in [0.05, 0.1) is 35.9 Å². The minimum absolute atomic E-state index is 0.0728. The largest absolute Gasteiger partial charge is 0.370 e. The number of halogens is 1. The number of aromatic nitrogens is 4. The van der Waals surface area contributed by atoms with Crippen LogP contribution in [0.15, 0.2) is 42.7 Å². The summed E-state index contributed by atoms with van der Waals surface area (Å²) < 4.78 is 21.7. The Labute approximate surface area is 202 Å². The van der Waals surface area contributed by atoms with Crippen LogP contribution in [0, 0.1) is 24.1 Å². The number of ether oxygens (including phenoxy) is 1. The fraction of sp³-hybridized carbons (Fsp3) is 0.400. The van der Waals surface area contributed by atoms with E-state index in [0.717, 1.165) is 23.4 Å². The van der Waals surface area contributed by atoms with Gasteiger partial charge in [0.1, 0.15) is 18.2 Å². The molecule has 2 aliphatic rings. The first kappa shape index (κ1) is 23.1. The summed E-state index contributed by atoms with van der Waals surface area (Å²) in [5.74, 6) is -0.684. The van der Waals surface area contributed by atoms with E-state index >= 15 is 0 Å². The summed E-state index contributed by atoms with van der Waals surface area (Å²) in [6.45, 7) is 6.80. The Morgan fingerprint density at radius 1 is 1.20 bits per heavy atom. The van der Waals surface area contributed by atoms with Gasteiger partial charge in [0.15, 0.2) is 0 Å². The summed E-state index contributed by atoms with van der Waals surface area (Å²) in [6, 6.07) is 12.8. The molecule has 3 atom stereocenters. The third-order valence-electron chi connectivity index (χ3n) is 7.10. The number of carbonyl (C=O) groups is 1. The second-order valence-electron chi connectivity index (χ2n) is 9.07. The molecule has 3 heterocycles. The molecule has 10 heteroatoms. The smallest absolute Gasteiger partial charge is 0.229 e. The third-order valence-corrected chi connectivity index (χ3v) is 7.10. The lowest BCUT2D eigenvalue weighted by atomic mass is 9.95. The minimum Gasteiger partial charge on any atom is -0.370 e. The van der Waals surface area contributed by atoms with Gasteiger partial charge in [0.25, 0.3) is 0 Å². The first-order valence-corrected chi connectivity index (χ1v) is 11.6. The number of rotatable bonds is 4. The van der Waals surface area contributed by atoms with Crippen molar-refractivity contribution in [3.8, 4) is 11.8 Å². The van der Waals surface area contributed by atoms with Gasteiger partial charge in [-0.3, -0.25) is 9.69 Å². The normalized spacial score (nSPS) is 21.3. The minimum atomic E-state index is -0.506. The Bertz CT molecular complexity index is 1260. The average molecular weight is 476 g/mol. The first-order valence-electron chi connectivity index (χ1n) is 11.6. The number of carbonyl (C=O) groups excluding carboxylic acids is 1. The van der Waals surface area contributed by atoms with Crippen molar-refractivity contribution in [2.24, 2.45) is 0 Å². The second-order valence-corrected chi connectivity index (χ2v) is 9.07. The van der Waals surface area contributed by atoms with Crippen LogP contribution in [0.4, 0.5) is 4.39 Å². The van der Waals surface area contributed by atoms with Crippen LogP contribution >= 0.6 is 0 Å². The van der Waals surface area contributed by atoms with E-state index in [2.05, 4.69) is 20.4 Å². The van der Waals surface area contributed by atoms with E-state index in [4.69, 9.17) is 4.74 Å². The number of tetrazole rings is 1. The van der Waals surface area contributed by atoms with E-state index in [0.29, 0.717) is 31.8 Å². The quantitative estimate of drug-likeness (QED) is 0.571. The van der Waals surface area contributed by atoms with Crippen molar-refractivity contribution in [3.63, 3.8) is 0 Å². The summed E-state index contributed by atoms with van der Waals surface area (Å²) in [4.78, 5) is 17.5. The molecule has 0 radical (unpaired) electrons. The lowest BCUT2D eigenvalue weighted by Gasteiger charge is -2.46. The summed E-state index contributed by atoms with van der Waals surface area (Å²) in [7, 11) is 0. The highest BCUT2D eigenvalue weighted by Gasteiger charge is 2.37. The first-order chi connectivity index (χ1) is 17.0. The summed E-state index contributed by atoms with van der Waals surface area (Å²) >= 11 is 0. The van der Waals surface area contributed by atoms with Crippen molar-refractivity contribution in [2.75, 3.05) is 32.8 Å². The summed E-state index contributed by atoms with van der Waals surface area (Å²) in [5.41, 5.74) is 3.32. The molecule has 2 aliphatic heterocycles. The van der Waals surface area contributed by atoms with E-state index in [1.807, 2.05) is 42.2 Å². The maximum absolute atomic E-state index is 13.9. The zero-order valence-electron chi connectivity index (χ0n) is 19.6. The van der Waals surface area contributed by atoms with Crippen molar-refractivity contribution in [1.29, 1.82) is 5.26 Å². The highest BCUT2D eigenvalue weighted by atomic mass is 19.1. The monoisotopic (exact) mass is 475 g/mol. The van der Waals surface area contributed by atoms with Crippen LogP contribution in [0.25, 0.3) is 5.69 Å². The predicted molar refractivity (Wildman–Crippen MR) is 124 cm³/mol. The number of amides is 1. The summed E-state index contributed by atoms with van der Waals surface area (Å²) in [5, 5.41) is 20.5. The Balaban J connectivity index is 1.22. The van der Waals surface area contributed by atoms with Gasteiger partial charge in [-0.15, -0.1) is 5.10 Å². The van der Waals surface area contributed by atoms with Crippen molar-refractivity contribution in [1.82, 2.24) is 30.0 Å². The van der Waals surface area contributed by atoms with Crippen LogP contribution in [-0.2, 0) is 9.53 Å². The lowest BCUT2D eigenvalue weighted by molar-refractivity contribution is -0.141. The van der Waals surface area contributed by atoms with Crippen molar-refractivity contribution < 1.29 is 13.9 Å². The molecule has 9 nitrogen and oxygen atoms in total. The molecule has 2 fully saturated rings. The van der Waals surface area contributed by atoms with Crippen LogP contribution in [0.1, 0.15) is 41.2 Å². The van der Waals surface area contributed by atoms with Gasteiger partial charge in [-0.25, -0.2) is 9.07 Å². The van der Waals surface area contributed by atoms with Crippen LogP contribution < -0.4 is 0 Å². The summed E-state index contributed by atoms with van der Waals surface area (Å²) in [6.07, 6.45) is 1.30. The molecule has 0 aliphatic carbocycles. The molecule has 35 heavy (non-hydrogen) atoms. The third kappa shape index (κ3) is 4.40. The van der Waals surface area contributed by atoms with Gasteiger partial charge in [0, 0.05) is 26.2 Å². The SMILES string of the molecule is Cc1c(C2CN3CCN(C(=O)C(C)c4ccc(-n5cnnn5)cc4)CC3CO2)ccc(F)c1C#N. The number of hydrogen-bond acceptors (Lipinski definition) is 7. The molecule has 2 saturated heterocycles. The van der Waals surface area contributed by atoms with Crippen molar-refractivity contribution in [2.45, 2.75) is 31.9 Å². The van der Waals surface area contributed by atoms with E-state index in [-0.39, 0.29) is 29.5 Å². The van der Waals surface area contributed by atoms with Crippen LogP contribution in [0.3, 0.4) is 0 Å². The molecule has 0 spiro atoms.